The van der Waals surface area contributed by atoms with Crippen molar-refractivity contribution in [2.75, 3.05) is 18.0 Å². The van der Waals surface area contributed by atoms with E-state index in [1.165, 1.54) is 0 Å². The van der Waals surface area contributed by atoms with E-state index in [1.54, 1.807) is 17.0 Å². The van der Waals surface area contributed by atoms with Crippen LogP contribution in [0.5, 0.6) is 0 Å². The Labute approximate surface area is 185 Å². The number of fused-ring (bicyclic) bond motifs is 1. The van der Waals surface area contributed by atoms with E-state index in [2.05, 4.69) is 33.5 Å². The fraction of sp³-hybridized carbons (Fsp3) is 0.292. The van der Waals surface area contributed by atoms with Crippen molar-refractivity contribution in [1.29, 1.82) is 10.5 Å². The highest BCUT2D eigenvalue weighted by Gasteiger charge is 2.37. The van der Waals surface area contributed by atoms with Crippen molar-refractivity contribution >= 4 is 11.6 Å². The molecule has 1 aromatic heterocycles. The van der Waals surface area contributed by atoms with E-state index >= 15 is 0 Å². The van der Waals surface area contributed by atoms with Gasteiger partial charge in [-0.15, -0.1) is 10.2 Å². The van der Waals surface area contributed by atoms with Crippen molar-refractivity contribution in [3.63, 3.8) is 0 Å². The Kier molecular flexibility index (Phi) is 4.84. The van der Waals surface area contributed by atoms with Crippen LogP contribution in [0.15, 0.2) is 36.4 Å². The monoisotopic (exact) mass is 423 g/mol. The molecule has 3 heterocycles. The number of aromatic nitrogens is 3. The Morgan fingerprint density at radius 2 is 1.94 bits per heavy atom. The summed E-state index contributed by atoms with van der Waals surface area (Å²) in [5.74, 6) is 1.32. The van der Waals surface area contributed by atoms with Gasteiger partial charge >= 0.3 is 0 Å². The SMILES string of the molecule is Cc1nnc(-c2cc(-c3ccc(C#N)cc3)c3c(c2)N(C(=O)[C@@H]2CCCN2C#N)CC3)[nH]1. The van der Waals surface area contributed by atoms with Crippen LogP contribution in [0.3, 0.4) is 0 Å². The van der Waals surface area contributed by atoms with Crippen molar-refractivity contribution in [3.05, 3.63) is 53.3 Å². The van der Waals surface area contributed by atoms with Gasteiger partial charge in [-0.1, -0.05) is 12.1 Å². The van der Waals surface area contributed by atoms with Gasteiger partial charge in [-0.05, 0) is 67.1 Å². The van der Waals surface area contributed by atoms with Gasteiger partial charge in [0.2, 0.25) is 5.91 Å². The summed E-state index contributed by atoms with van der Waals surface area (Å²) in [4.78, 5) is 20.0. The van der Waals surface area contributed by atoms with Crippen LogP contribution in [0.1, 0.15) is 29.8 Å². The molecule has 0 bridgehead atoms. The lowest BCUT2D eigenvalue weighted by molar-refractivity contribution is -0.121. The molecule has 158 valence electrons. The van der Waals surface area contributed by atoms with Crippen LogP contribution in [-0.4, -0.2) is 45.1 Å². The largest absolute Gasteiger partial charge is 0.325 e. The maximum absolute atomic E-state index is 13.4. The van der Waals surface area contributed by atoms with E-state index in [-0.39, 0.29) is 5.91 Å². The predicted molar refractivity (Wildman–Crippen MR) is 118 cm³/mol. The lowest BCUT2D eigenvalue weighted by Gasteiger charge is -2.25. The number of hydrogen-bond donors (Lipinski definition) is 1. The molecule has 0 saturated carbocycles. The number of anilines is 1. The van der Waals surface area contributed by atoms with E-state index in [0.29, 0.717) is 36.7 Å². The van der Waals surface area contributed by atoms with Gasteiger partial charge in [0, 0.05) is 24.3 Å². The number of benzene rings is 2. The zero-order chi connectivity index (χ0) is 22.2. The second kappa shape index (κ2) is 7.82. The minimum atomic E-state index is -0.402. The first kappa shape index (κ1) is 19.8. The molecule has 3 aromatic rings. The lowest BCUT2D eigenvalue weighted by atomic mass is 9.94. The number of hydrogen-bond acceptors (Lipinski definition) is 6. The van der Waals surface area contributed by atoms with Gasteiger partial charge < -0.3 is 9.88 Å². The molecule has 1 atom stereocenters. The Balaban J connectivity index is 1.62. The quantitative estimate of drug-likeness (QED) is 0.648. The molecule has 8 nitrogen and oxygen atoms in total. The van der Waals surface area contributed by atoms with Gasteiger partial charge in [0.1, 0.15) is 11.9 Å². The van der Waals surface area contributed by atoms with E-state index in [1.807, 2.05) is 30.0 Å². The second-order valence-electron chi connectivity index (χ2n) is 8.16. The number of nitrogens with one attached hydrogen (secondary N) is 1. The van der Waals surface area contributed by atoms with Crippen LogP contribution in [0.25, 0.3) is 22.5 Å². The molecule has 0 aliphatic carbocycles. The van der Waals surface area contributed by atoms with Crippen molar-refractivity contribution < 1.29 is 4.79 Å². The number of rotatable bonds is 3. The zero-order valence-electron chi connectivity index (χ0n) is 17.7. The van der Waals surface area contributed by atoms with Crippen molar-refractivity contribution in [1.82, 2.24) is 20.1 Å². The van der Waals surface area contributed by atoms with Crippen molar-refractivity contribution in [3.8, 4) is 34.8 Å². The highest BCUT2D eigenvalue weighted by Crippen LogP contribution is 2.40. The molecular weight excluding hydrogens is 402 g/mol. The summed E-state index contributed by atoms with van der Waals surface area (Å²) in [6.07, 6.45) is 4.44. The van der Waals surface area contributed by atoms with Crippen LogP contribution >= 0.6 is 0 Å². The van der Waals surface area contributed by atoms with Crippen molar-refractivity contribution in [2.24, 2.45) is 0 Å². The summed E-state index contributed by atoms with van der Waals surface area (Å²) < 4.78 is 0. The topological polar surface area (TPSA) is 113 Å². The maximum Gasteiger partial charge on any atom is 0.250 e. The fourth-order valence-corrected chi connectivity index (χ4v) is 4.65. The van der Waals surface area contributed by atoms with Crippen LogP contribution in [0.2, 0.25) is 0 Å². The molecule has 8 heteroatoms. The molecule has 1 fully saturated rings. The molecule has 1 N–H and O–H groups in total. The number of carbonyl (C=O) groups is 1. The van der Waals surface area contributed by atoms with Gasteiger partial charge in [-0.25, -0.2) is 0 Å². The summed E-state index contributed by atoms with van der Waals surface area (Å²) in [7, 11) is 0. The Bertz CT molecular complexity index is 1280. The normalized spacial score (nSPS) is 17.2. The third-order valence-electron chi connectivity index (χ3n) is 6.23. The first-order chi connectivity index (χ1) is 15.6. The predicted octanol–water partition coefficient (Wildman–Crippen LogP) is 3.15. The minimum Gasteiger partial charge on any atom is -0.325 e. The minimum absolute atomic E-state index is 0.0283. The Morgan fingerprint density at radius 3 is 2.62 bits per heavy atom. The molecule has 2 aromatic carbocycles. The van der Waals surface area contributed by atoms with Gasteiger partial charge in [-0.3, -0.25) is 9.69 Å². The molecule has 0 unspecified atom stereocenters. The lowest BCUT2D eigenvalue weighted by Crippen LogP contribution is -2.43. The molecule has 1 saturated heterocycles. The number of amides is 1. The summed E-state index contributed by atoms with van der Waals surface area (Å²) in [6.45, 7) is 3.05. The van der Waals surface area contributed by atoms with Gasteiger partial charge in [0.05, 0.1) is 11.6 Å². The summed E-state index contributed by atoms with van der Waals surface area (Å²) in [6, 6.07) is 13.3. The van der Waals surface area contributed by atoms with Crippen molar-refractivity contribution in [2.45, 2.75) is 32.2 Å². The number of carbonyl (C=O) groups excluding carboxylic acids is 1. The molecule has 2 aliphatic rings. The average Bonchev–Trinajstić information content (AvgIpc) is 3.57. The number of aryl methyl sites for hydroxylation is 1. The van der Waals surface area contributed by atoms with Crippen LogP contribution in [0, 0.1) is 29.7 Å². The van der Waals surface area contributed by atoms with E-state index < -0.39 is 6.04 Å². The first-order valence-electron chi connectivity index (χ1n) is 10.6. The molecule has 0 radical (unpaired) electrons. The Hall–Kier alpha value is -4.17. The summed E-state index contributed by atoms with van der Waals surface area (Å²) in [5.41, 5.74) is 5.37. The molecular formula is C24H21N7O. The number of nitriles is 2. The van der Waals surface area contributed by atoms with Gasteiger partial charge in [-0.2, -0.15) is 10.5 Å². The van der Waals surface area contributed by atoms with E-state index in [4.69, 9.17) is 5.26 Å². The van der Waals surface area contributed by atoms with Gasteiger partial charge in [0.25, 0.3) is 0 Å². The zero-order valence-corrected chi connectivity index (χ0v) is 17.7. The number of likely N-dealkylation sites (tertiary alicyclic amines) is 1. The first-order valence-corrected chi connectivity index (χ1v) is 10.6. The fourth-order valence-electron chi connectivity index (χ4n) is 4.65. The smallest absolute Gasteiger partial charge is 0.250 e. The summed E-state index contributed by atoms with van der Waals surface area (Å²) >= 11 is 0. The van der Waals surface area contributed by atoms with Gasteiger partial charge in [0.15, 0.2) is 12.0 Å². The van der Waals surface area contributed by atoms with E-state index in [9.17, 15) is 10.1 Å². The third-order valence-corrected chi connectivity index (χ3v) is 6.23. The standard InChI is InChI=1S/C24H21N7O/c1-15-27-23(29-28-15)18-11-20(17-6-4-16(13-25)5-7-17)19-8-10-31(22(19)12-18)24(32)21-3-2-9-30(21)14-26/h4-7,11-12,21H,2-3,8-10H2,1H3,(H,27,28,29)/t21-/m0/s1. The highest BCUT2D eigenvalue weighted by molar-refractivity contribution is 6.01. The van der Waals surface area contributed by atoms with Crippen LogP contribution in [-0.2, 0) is 11.2 Å². The summed E-state index contributed by atoms with van der Waals surface area (Å²) in [5, 5.41) is 26.9. The number of H-pyrrole nitrogens is 1. The van der Waals surface area contributed by atoms with Crippen LogP contribution in [0.4, 0.5) is 5.69 Å². The van der Waals surface area contributed by atoms with Crippen LogP contribution < -0.4 is 4.90 Å². The average molecular weight is 423 g/mol. The molecule has 32 heavy (non-hydrogen) atoms. The molecule has 1 amide bonds. The Morgan fingerprint density at radius 1 is 1.12 bits per heavy atom. The van der Waals surface area contributed by atoms with E-state index in [0.717, 1.165) is 40.8 Å². The second-order valence-corrected chi connectivity index (χ2v) is 8.16. The maximum atomic E-state index is 13.4. The molecule has 5 rings (SSSR count). The number of aromatic amines is 1. The number of nitrogens with zero attached hydrogens (tertiary/aromatic N) is 6. The molecule has 0 spiro atoms. The molecule has 2 aliphatic heterocycles. The third kappa shape index (κ3) is 3.27. The highest BCUT2D eigenvalue weighted by atomic mass is 16.2.